The SMILES string of the molecule is CCCOc1nc(N)nc(NCc2sccc2Br)n1. The molecule has 2 heterocycles. The van der Waals surface area contributed by atoms with Gasteiger partial charge >= 0.3 is 6.01 Å². The molecule has 19 heavy (non-hydrogen) atoms. The van der Waals surface area contributed by atoms with Gasteiger partial charge in [-0.3, -0.25) is 0 Å². The lowest BCUT2D eigenvalue weighted by Crippen LogP contribution is -2.09. The molecule has 0 amide bonds. The number of hydrogen-bond acceptors (Lipinski definition) is 7. The molecule has 0 aliphatic carbocycles. The highest BCUT2D eigenvalue weighted by Crippen LogP contribution is 2.23. The molecule has 2 rings (SSSR count). The lowest BCUT2D eigenvalue weighted by atomic mass is 10.5. The molecule has 6 nitrogen and oxygen atoms in total. The van der Waals surface area contributed by atoms with Crippen LogP contribution in [0.5, 0.6) is 6.01 Å². The second-order valence-corrected chi connectivity index (χ2v) is 5.55. The Morgan fingerprint density at radius 1 is 1.42 bits per heavy atom. The van der Waals surface area contributed by atoms with Crippen LogP contribution in [-0.4, -0.2) is 21.6 Å². The normalized spacial score (nSPS) is 10.4. The number of aromatic nitrogens is 3. The average molecular weight is 344 g/mol. The van der Waals surface area contributed by atoms with Crippen molar-refractivity contribution < 1.29 is 4.74 Å². The van der Waals surface area contributed by atoms with E-state index < -0.39 is 0 Å². The van der Waals surface area contributed by atoms with Crippen molar-refractivity contribution in [1.29, 1.82) is 0 Å². The van der Waals surface area contributed by atoms with Crippen LogP contribution in [0.3, 0.4) is 0 Å². The standard InChI is InChI=1S/C11H14BrN5OS/c1-2-4-18-11-16-9(13)15-10(17-11)14-6-8-7(12)3-5-19-8/h3,5H,2,4,6H2,1H3,(H3,13,14,15,16,17). The Morgan fingerprint density at radius 2 is 2.26 bits per heavy atom. The summed E-state index contributed by atoms with van der Waals surface area (Å²) < 4.78 is 6.41. The van der Waals surface area contributed by atoms with Gasteiger partial charge in [0.1, 0.15) is 0 Å². The van der Waals surface area contributed by atoms with E-state index >= 15 is 0 Å². The molecule has 0 aliphatic rings. The minimum Gasteiger partial charge on any atom is -0.463 e. The quantitative estimate of drug-likeness (QED) is 0.838. The number of ether oxygens (including phenoxy) is 1. The van der Waals surface area contributed by atoms with Crippen LogP contribution < -0.4 is 15.8 Å². The third-order valence-electron chi connectivity index (χ3n) is 2.17. The smallest absolute Gasteiger partial charge is 0.323 e. The van der Waals surface area contributed by atoms with Crippen LogP contribution in [0, 0.1) is 0 Å². The molecule has 0 spiro atoms. The monoisotopic (exact) mass is 343 g/mol. The Bertz CT molecular complexity index is 548. The molecule has 0 bridgehead atoms. The summed E-state index contributed by atoms with van der Waals surface area (Å²) in [6.07, 6.45) is 0.885. The van der Waals surface area contributed by atoms with Gasteiger partial charge in [-0.1, -0.05) is 6.92 Å². The molecule has 2 aromatic heterocycles. The molecule has 0 atom stereocenters. The molecule has 0 aliphatic heterocycles. The van der Waals surface area contributed by atoms with E-state index in [0.29, 0.717) is 19.1 Å². The third-order valence-corrected chi connectivity index (χ3v) is 4.09. The van der Waals surface area contributed by atoms with Gasteiger partial charge in [0.05, 0.1) is 13.2 Å². The minimum atomic E-state index is 0.147. The van der Waals surface area contributed by atoms with E-state index in [4.69, 9.17) is 10.5 Å². The molecule has 0 unspecified atom stereocenters. The highest BCUT2D eigenvalue weighted by atomic mass is 79.9. The lowest BCUT2D eigenvalue weighted by Gasteiger charge is -2.07. The first-order chi connectivity index (χ1) is 9.19. The summed E-state index contributed by atoms with van der Waals surface area (Å²) in [5, 5.41) is 5.12. The molecule has 8 heteroatoms. The molecular formula is C11H14BrN5OS. The number of rotatable bonds is 6. The molecule has 0 radical (unpaired) electrons. The first kappa shape index (κ1) is 14.0. The third kappa shape index (κ3) is 4.03. The molecule has 3 N–H and O–H groups in total. The number of nitrogens with zero attached hydrogens (tertiary/aromatic N) is 3. The van der Waals surface area contributed by atoms with Crippen LogP contribution in [0.2, 0.25) is 0 Å². The van der Waals surface area contributed by atoms with Crippen molar-refractivity contribution in [2.45, 2.75) is 19.9 Å². The maximum atomic E-state index is 5.62. The highest BCUT2D eigenvalue weighted by Gasteiger charge is 2.06. The van der Waals surface area contributed by atoms with Gasteiger partial charge in [-0.15, -0.1) is 11.3 Å². The molecule has 0 saturated carbocycles. The second kappa shape index (κ2) is 6.67. The first-order valence-electron chi connectivity index (χ1n) is 5.79. The molecule has 0 aromatic carbocycles. The van der Waals surface area contributed by atoms with E-state index in [1.807, 2.05) is 18.4 Å². The summed E-state index contributed by atoms with van der Waals surface area (Å²) in [6, 6.07) is 2.25. The Balaban J connectivity index is 2.03. The fourth-order valence-corrected chi connectivity index (χ4v) is 2.75. The summed E-state index contributed by atoms with van der Waals surface area (Å²) in [6.45, 7) is 3.19. The fourth-order valence-electron chi connectivity index (χ4n) is 1.32. The summed E-state index contributed by atoms with van der Waals surface area (Å²) >= 11 is 5.12. The maximum Gasteiger partial charge on any atom is 0.323 e. The van der Waals surface area contributed by atoms with Gasteiger partial charge in [0.2, 0.25) is 11.9 Å². The van der Waals surface area contributed by atoms with Crippen molar-refractivity contribution in [3.05, 3.63) is 20.8 Å². The molecule has 102 valence electrons. The average Bonchev–Trinajstić information content (AvgIpc) is 2.79. The van der Waals surface area contributed by atoms with Crippen molar-refractivity contribution in [2.24, 2.45) is 0 Å². The number of nitrogens with one attached hydrogen (secondary N) is 1. The van der Waals surface area contributed by atoms with Crippen molar-refractivity contribution in [3.63, 3.8) is 0 Å². The number of nitrogens with two attached hydrogens (primary N) is 1. The number of hydrogen-bond donors (Lipinski definition) is 2. The van der Waals surface area contributed by atoms with Gasteiger partial charge < -0.3 is 15.8 Å². The number of thiophene rings is 1. The van der Waals surface area contributed by atoms with Crippen LogP contribution in [0.15, 0.2) is 15.9 Å². The second-order valence-electron chi connectivity index (χ2n) is 3.69. The van der Waals surface area contributed by atoms with E-state index in [0.717, 1.165) is 15.8 Å². The summed E-state index contributed by atoms with van der Waals surface area (Å²) in [5.41, 5.74) is 5.62. The zero-order chi connectivity index (χ0) is 13.7. The Kier molecular flexibility index (Phi) is 4.92. The Morgan fingerprint density at radius 3 is 2.95 bits per heavy atom. The van der Waals surface area contributed by atoms with Gasteiger partial charge in [0, 0.05) is 9.35 Å². The van der Waals surface area contributed by atoms with Crippen LogP contribution in [-0.2, 0) is 6.54 Å². The molecule has 2 aromatic rings. The summed E-state index contributed by atoms with van der Waals surface area (Å²) in [7, 11) is 0. The predicted molar refractivity (Wildman–Crippen MR) is 79.4 cm³/mol. The minimum absolute atomic E-state index is 0.147. The van der Waals surface area contributed by atoms with Gasteiger partial charge in [0.25, 0.3) is 0 Å². The Labute approximate surface area is 123 Å². The topological polar surface area (TPSA) is 86.0 Å². The predicted octanol–water partition coefficient (Wildman–Crippen LogP) is 2.68. The molecular weight excluding hydrogens is 330 g/mol. The van der Waals surface area contributed by atoms with Crippen LogP contribution >= 0.6 is 27.3 Å². The van der Waals surface area contributed by atoms with Crippen molar-refractivity contribution in [3.8, 4) is 6.01 Å². The highest BCUT2D eigenvalue weighted by molar-refractivity contribution is 9.10. The van der Waals surface area contributed by atoms with Gasteiger partial charge in [-0.05, 0) is 33.8 Å². The summed E-state index contributed by atoms with van der Waals surface area (Å²) in [4.78, 5) is 13.3. The van der Waals surface area contributed by atoms with E-state index in [2.05, 4.69) is 36.2 Å². The van der Waals surface area contributed by atoms with Crippen LogP contribution in [0.4, 0.5) is 11.9 Å². The van der Waals surface area contributed by atoms with E-state index in [1.165, 1.54) is 0 Å². The lowest BCUT2D eigenvalue weighted by molar-refractivity contribution is 0.292. The molecule has 0 saturated heterocycles. The van der Waals surface area contributed by atoms with Crippen LogP contribution in [0.25, 0.3) is 0 Å². The van der Waals surface area contributed by atoms with Gasteiger partial charge in [-0.2, -0.15) is 15.0 Å². The van der Waals surface area contributed by atoms with Gasteiger partial charge in [0.15, 0.2) is 0 Å². The Hall–Kier alpha value is -1.41. The largest absolute Gasteiger partial charge is 0.463 e. The van der Waals surface area contributed by atoms with Crippen molar-refractivity contribution in [1.82, 2.24) is 15.0 Å². The fraction of sp³-hybridized carbons (Fsp3) is 0.364. The van der Waals surface area contributed by atoms with E-state index in [9.17, 15) is 0 Å². The zero-order valence-corrected chi connectivity index (χ0v) is 12.8. The first-order valence-corrected chi connectivity index (χ1v) is 7.46. The maximum absolute atomic E-state index is 5.62. The van der Waals surface area contributed by atoms with E-state index in [-0.39, 0.29) is 12.0 Å². The summed E-state index contributed by atoms with van der Waals surface area (Å²) in [5.74, 6) is 0.563. The number of nitrogen functional groups attached to an aromatic ring is 1. The van der Waals surface area contributed by atoms with Crippen molar-refractivity contribution >= 4 is 39.2 Å². The molecule has 0 fully saturated rings. The number of anilines is 2. The van der Waals surface area contributed by atoms with Crippen molar-refractivity contribution in [2.75, 3.05) is 17.7 Å². The van der Waals surface area contributed by atoms with Crippen LogP contribution in [0.1, 0.15) is 18.2 Å². The van der Waals surface area contributed by atoms with Gasteiger partial charge in [-0.25, -0.2) is 0 Å². The number of halogens is 1. The zero-order valence-electron chi connectivity index (χ0n) is 10.4. The van der Waals surface area contributed by atoms with E-state index in [1.54, 1.807) is 11.3 Å².